The number of aryl methyl sites for hydroxylation is 1. The van der Waals surface area contributed by atoms with Gasteiger partial charge in [-0.25, -0.2) is 0 Å². The quantitative estimate of drug-likeness (QED) is 0.827. The van der Waals surface area contributed by atoms with Gasteiger partial charge in [-0.2, -0.15) is 0 Å². The van der Waals surface area contributed by atoms with Crippen molar-refractivity contribution in [3.63, 3.8) is 0 Å². The van der Waals surface area contributed by atoms with Crippen molar-refractivity contribution in [2.45, 2.75) is 47.0 Å². The van der Waals surface area contributed by atoms with E-state index in [1.165, 1.54) is 30.5 Å². The Hall–Kier alpha value is -1.09. The van der Waals surface area contributed by atoms with Gasteiger partial charge in [0.15, 0.2) is 0 Å². The van der Waals surface area contributed by atoms with Crippen LogP contribution in [0.4, 0.5) is 5.69 Å². The SMILES string of the molecule is Cc1cc(N2CCCC(C(C)(C)C)CC2)ccc1C(N)=S. The van der Waals surface area contributed by atoms with E-state index in [2.05, 4.69) is 50.8 Å². The van der Waals surface area contributed by atoms with E-state index in [1.54, 1.807) is 0 Å². The molecule has 0 amide bonds. The van der Waals surface area contributed by atoms with Crippen LogP contribution in [-0.2, 0) is 0 Å². The van der Waals surface area contributed by atoms with E-state index in [1.807, 2.05) is 0 Å². The highest BCUT2D eigenvalue weighted by molar-refractivity contribution is 7.80. The lowest BCUT2D eigenvalue weighted by Crippen LogP contribution is -2.26. The summed E-state index contributed by atoms with van der Waals surface area (Å²) >= 11 is 5.09. The Morgan fingerprint density at radius 2 is 1.95 bits per heavy atom. The second kappa shape index (κ2) is 6.35. The maximum Gasteiger partial charge on any atom is 0.104 e. The normalized spacial score (nSPS) is 20.2. The van der Waals surface area contributed by atoms with Gasteiger partial charge in [0.1, 0.15) is 4.99 Å². The molecule has 0 spiro atoms. The van der Waals surface area contributed by atoms with Gasteiger partial charge in [-0.05, 0) is 61.3 Å². The van der Waals surface area contributed by atoms with Gasteiger partial charge in [0.25, 0.3) is 0 Å². The van der Waals surface area contributed by atoms with Crippen LogP contribution in [0.1, 0.15) is 51.2 Å². The van der Waals surface area contributed by atoms with E-state index in [4.69, 9.17) is 18.0 Å². The Labute approximate surface area is 134 Å². The molecule has 1 fully saturated rings. The fraction of sp³-hybridized carbons (Fsp3) is 0.611. The minimum absolute atomic E-state index is 0.418. The van der Waals surface area contributed by atoms with E-state index >= 15 is 0 Å². The van der Waals surface area contributed by atoms with Gasteiger partial charge < -0.3 is 10.6 Å². The number of thiocarbonyl (C=S) groups is 1. The summed E-state index contributed by atoms with van der Waals surface area (Å²) in [6.07, 6.45) is 3.89. The van der Waals surface area contributed by atoms with Crippen LogP contribution in [0.2, 0.25) is 0 Å². The summed E-state index contributed by atoms with van der Waals surface area (Å²) in [5, 5.41) is 0. The Balaban J connectivity index is 2.13. The van der Waals surface area contributed by atoms with Crippen LogP contribution in [0.25, 0.3) is 0 Å². The van der Waals surface area contributed by atoms with Crippen LogP contribution in [0, 0.1) is 18.3 Å². The topological polar surface area (TPSA) is 29.3 Å². The third-order valence-electron chi connectivity index (χ3n) is 4.79. The Morgan fingerprint density at radius 3 is 2.52 bits per heavy atom. The summed E-state index contributed by atoms with van der Waals surface area (Å²) in [5.74, 6) is 0.819. The molecule has 3 heteroatoms. The van der Waals surface area contributed by atoms with Crippen LogP contribution >= 0.6 is 12.2 Å². The van der Waals surface area contributed by atoms with Crippen LogP contribution in [-0.4, -0.2) is 18.1 Å². The highest BCUT2D eigenvalue weighted by atomic mass is 32.1. The van der Waals surface area contributed by atoms with Gasteiger partial charge >= 0.3 is 0 Å². The van der Waals surface area contributed by atoms with Gasteiger partial charge in [0, 0.05) is 24.3 Å². The van der Waals surface area contributed by atoms with Crippen molar-refractivity contribution in [1.29, 1.82) is 0 Å². The number of nitrogens with zero attached hydrogens (tertiary/aromatic N) is 1. The van der Waals surface area contributed by atoms with Crippen molar-refractivity contribution in [3.8, 4) is 0 Å². The molecule has 21 heavy (non-hydrogen) atoms. The van der Waals surface area contributed by atoms with Gasteiger partial charge in [-0.15, -0.1) is 0 Å². The Morgan fingerprint density at radius 1 is 1.24 bits per heavy atom. The molecule has 1 heterocycles. The summed E-state index contributed by atoms with van der Waals surface area (Å²) in [6, 6.07) is 6.46. The van der Waals surface area contributed by atoms with Crippen molar-refractivity contribution in [3.05, 3.63) is 29.3 Å². The first-order valence-electron chi connectivity index (χ1n) is 7.94. The minimum atomic E-state index is 0.418. The van der Waals surface area contributed by atoms with Gasteiger partial charge in [-0.3, -0.25) is 0 Å². The molecule has 0 aliphatic carbocycles. The average Bonchev–Trinajstić information content (AvgIpc) is 2.63. The molecule has 0 aromatic heterocycles. The predicted octanol–water partition coefficient (Wildman–Crippen LogP) is 4.28. The number of rotatable bonds is 2. The van der Waals surface area contributed by atoms with Crippen LogP contribution in [0.5, 0.6) is 0 Å². The molecular weight excluding hydrogens is 276 g/mol. The lowest BCUT2D eigenvalue weighted by molar-refractivity contribution is 0.220. The Bertz CT molecular complexity index is 516. The maximum absolute atomic E-state index is 5.75. The summed E-state index contributed by atoms with van der Waals surface area (Å²) in [5.41, 5.74) is 9.65. The maximum atomic E-state index is 5.75. The average molecular weight is 305 g/mol. The standard InChI is InChI=1S/C18H28N2S/c1-13-12-15(7-8-16(13)17(19)21)20-10-5-6-14(9-11-20)18(2,3)4/h7-8,12,14H,5-6,9-11H2,1-4H3,(H2,19,21). The van der Waals surface area contributed by atoms with E-state index in [0.29, 0.717) is 10.4 Å². The number of benzene rings is 1. The molecule has 1 aromatic carbocycles. The van der Waals surface area contributed by atoms with Crippen molar-refractivity contribution < 1.29 is 0 Å². The van der Waals surface area contributed by atoms with Crippen molar-refractivity contribution in [1.82, 2.24) is 0 Å². The monoisotopic (exact) mass is 304 g/mol. The first-order chi connectivity index (χ1) is 9.79. The highest BCUT2D eigenvalue weighted by Gasteiger charge is 2.27. The first kappa shape index (κ1) is 16.3. The Kier molecular flexibility index (Phi) is 4.92. The number of hydrogen-bond donors (Lipinski definition) is 1. The molecule has 0 saturated carbocycles. The molecule has 1 atom stereocenters. The zero-order valence-electron chi connectivity index (χ0n) is 13.8. The number of nitrogens with two attached hydrogens (primary N) is 1. The predicted molar refractivity (Wildman–Crippen MR) is 96.1 cm³/mol. The molecule has 1 saturated heterocycles. The van der Waals surface area contributed by atoms with E-state index in [9.17, 15) is 0 Å². The van der Waals surface area contributed by atoms with Gasteiger partial charge in [0.05, 0.1) is 0 Å². The molecule has 0 radical (unpaired) electrons. The third-order valence-corrected chi connectivity index (χ3v) is 5.01. The number of hydrogen-bond acceptors (Lipinski definition) is 2. The molecule has 2 N–H and O–H groups in total. The van der Waals surface area contributed by atoms with Crippen molar-refractivity contribution in [2.75, 3.05) is 18.0 Å². The van der Waals surface area contributed by atoms with Gasteiger partial charge in [0.2, 0.25) is 0 Å². The molecule has 1 unspecified atom stereocenters. The fourth-order valence-corrected chi connectivity index (χ4v) is 3.57. The molecule has 1 aliphatic heterocycles. The second-order valence-electron chi connectivity index (χ2n) is 7.34. The summed E-state index contributed by atoms with van der Waals surface area (Å²) in [7, 11) is 0. The zero-order chi connectivity index (χ0) is 15.6. The largest absolute Gasteiger partial charge is 0.389 e. The fourth-order valence-electron chi connectivity index (χ4n) is 3.34. The molecule has 1 aromatic rings. The zero-order valence-corrected chi connectivity index (χ0v) is 14.6. The molecule has 116 valence electrons. The van der Waals surface area contributed by atoms with Crippen molar-refractivity contribution >= 4 is 22.9 Å². The molecule has 2 nitrogen and oxygen atoms in total. The van der Waals surface area contributed by atoms with Crippen LogP contribution in [0.15, 0.2) is 18.2 Å². The molecule has 1 aliphatic rings. The molecule has 2 rings (SSSR count). The number of anilines is 1. The lowest BCUT2D eigenvalue weighted by Gasteiger charge is -2.30. The highest BCUT2D eigenvalue weighted by Crippen LogP contribution is 2.35. The van der Waals surface area contributed by atoms with E-state index in [-0.39, 0.29) is 0 Å². The first-order valence-corrected chi connectivity index (χ1v) is 8.35. The lowest BCUT2D eigenvalue weighted by atomic mass is 9.77. The molecular formula is C18H28N2S. The molecule has 0 bridgehead atoms. The minimum Gasteiger partial charge on any atom is -0.389 e. The third kappa shape index (κ3) is 3.97. The van der Waals surface area contributed by atoms with Gasteiger partial charge in [-0.1, -0.05) is 33.0 Å². The van der Waals surface area contributed by atoms with Crippen molar-refractivity contribution in [2.24, 2.45) is 17.1 Å². The van der Waals surface area contributed by atoms with E-state index in [0.717, 1.165) is 24.6 Å². The van der Waals surface area contributed by atoms with Crippen LogP contribution < -0.4 is 10.6 Å². The smallest absolute Gasteiger partial charge is 0.104 e. The summed E-state index contributed by atoms with van der Waals surface area (Å²) < 4.78 is 0. The van der Waals surface area contributed by atoms with Crippen LogP contribution in [0.3, 0.4) is 0 Å². The second-order valence-corrected chi connectivity index (χ2v) is 7.78. The van der Waals surface area contributed by atoms with E-state index < -0.39 is 0 Å². The summed E-state index contributed by atoms with van der Waals surface area (Å²) in [6.45, 7) is 11.5. The summed E-state index contributed by atoms with van der Waals surface area (Å²) in [4.78, 5) is 3.00.